The normalized spacial score (nSPS) is 19.1. The highest BCUT2D eigenvalue weighted by Crippen LogP contribution is 2.30. The van der Waals surface area contributed by atoms with Crippen LogP contribution in [0.4, 0.5) is 4.79 Å². The Hall–Kier alpha value is -0.970. The van der Waals surface area contributed by atoms with Crippen LogP contribution in [0.25, 0.3) is 0 Å². The minimum atomic E-state index is -0.458. The Morgan fingerprint density at radius 3 is 2.80 bits per heavy atom. The lowest BCUT2D eigenvalue weighted by atomic mass is 10.1. The highest BCUT2D eigenvalue weighted by Gasteiger charge is 2.31. The molecular formula is C19H28Cl2N2O2. The lowest BCUT2D eigenvalue weighted by Gasteiger charge is -2.29. The van der Waals surface area contributed by atoms with E-state index in [-0.39, 0.29) is 18.2 Å². The molecule has 1 aromatic carbocycles. The molecule has 25 heavy (non-hydrogen) atoms. The Balaban J connectivity index is 1.86. The van der Waals surface area contributed by atoms with E-state index in [1.165, 1.54) is 0 Å². The van der Waals surface area contributed by atoms with E-state index in [9.17, 15) is 4.79 Å². The molecule has 0 radical (unpaired) electrons. The molecule has 140 valence electrons. The molecule has 0 aliphatic carbocycles. The number of hydrogen-bond donors (Lipinski definition) is 1. The number of rotatable bonds is 5. The molecule has 1 amide bonds. The lowest BCUT2D eigenvalue weighted by molar-refractivity contribution is 0.0220. The monoisotopic (exact) mass is 386 g/mol. The second-order valence-electron chi connectivity index (χ2n) is 7.58. The first kappa shape index (κ1) is 20.3. The van der Waals surface area contributed by atoms with Crippen molar-refractivity contribution in [1.29, 1.82) is 0 Å². The fraction of sp³-hybridized carbons (Fsp3) is 0.632. The molecule has 1 saturated heterocycles. The van der Waals surface area contributed by atoms with E-state index in [4.69, 9.17) is 27.9 Å². The van der Waals surface area contributed by atoms with Crippen LogP contribution in [-0.4, -0.2) is 35.7 Å². The fourth-order valence-corrected chi connectivity index (χ4v) is 3.60. The Kier molecular flexibility index (Phi) is 7.01. The summed E-state index contributed by atoms with van der Waals surface area (Å²) in [6.45, 7) is 9.33. The number of likely N-dealkylation sites (tertiary alicyclic amines) is 1. The maximum absolute atomic E-state index is 12.3. The summed E-state index contributed by atoms with van der Waals surface area (Å²) in [6, 6.07) is 6.00. The van der Waals surface area contributed by atoms with E-state index in [1.807, 2.05) is 37.8 Å². The molecular weight excluding hydrogens is 359 g/mol. The first-order valence-electron chi connectivity index (χ1n) is 8.86. The fourth-order valence-electron chi connectivity index (χ4n) is 3.13. The van der Waals surface area contributed by atoms with Gasteiger partial charge in [-0.05, 0) is 65.1 Å². The van der Waals surface area contributed by atoms with Crippen molar-refractivity contribution in [2.45, 2.75) is 64.6 Å². The number of nitrogens with zero attached hydrogens (tertiary/aromatic N) is 1. The van der Waals surface area contributed by atoms with Crippen LogP contribution in [0, 0.1) is 0 Å². The van der Waals surface area contributed by atoms with Crippen molar-refractivity contribution in [2.24, 2.45) is 0 Å². The highest BCUT2D eigenvalue weighted by molar-refractivity contribution is 6.42. The first-order valence-corrected chi connectivity index (χ1v) is 9.61. The molecule has 0 bridgehead atoms. The molecule has 2 atom stereocenters. The third-order valence-corrected chi connectivity index (χ3v) is 5.21. The third-order valence-electron chi connectivity index (χ3n) is 4.38. The van der Waals surface area contributed by atoms with E-state index in [2.05, 4.69) is 12.2 Å². The molecule has 0 spiro atoms. The Bertz CT molecular complexity index is 602. The van der Waals surface area contributed by atoms with Crippen LogP contribution in [0.1, 0.15) is 58.6 Å². The largest absolute Gasteiger partial charge is 0.444 e. The van der Waals surface area contributed by atoms with Gasteiger partial charge in [-0.2, -0.15) is 0 Å². The number of benzene rings is 1. The lowest BCUT2D eigenvalue weighted by Crippen LogP contribution is -2.41. The van der Waals surface area contributed by atoms with Crippen molar-refractivity contribution in [1.82, 2.24) is 10.2 Å². The van der Waals surface area contributed by atoms with Gasteiger partial charge in [0.25, 0.3) is 0 Å². The van der Waals surface area contributed by atoms with Gasteiger partial charge in [0.15, 0.2) is 0 Å². The van der Waals surface area contributed by atoms with Crippen LogP contribution in [-0.2, 0) is 4.74 Å². The zero-order valence-corrected chi connectivity index (χ0v) is 17.0. The predicted molar refractivity (Wildman–Crippen MR) is 103 cm³/mol. The highest BCUT2D eigenvalue weighted by atomic mass is 35.5. The summed E-state index contributed by atoms with van der Waals surface area (Å²) in [5, 5.41) is 4.65. The van der Waals surface area contributed by atoms with Gasteiger partial charge in [0.05, 0.1) is 10.0 Å². The van der Waals surface area contributed by atoms with Gasteiger partial charge in [-0.3, -0.25) is 0 Å². The van der Waals surface area contributed by atoms with Gasteiger partial charge in [0, 0.05) is 18.6 Å². The Morgan fingerprint density at radius 1 is 1.40 bits per heavy atom. The summed E-state index contributed by atoms with van der Waals surface area (Å²) < 4.78 is 5.51. The quantitative estimate of drug-likeness (QED) is 0.732. The maximum Gasteiger partial charge on any atom is 0.410 e. The van der Waals surface area contributed by atoms with Crippen LogP contribution in [0.2, 0.25) is 10.0 Å². The van der Waals surface area contributed by atoms with E-state index < -0.39 is 5.60 Å². The van der Waals surface area contributed by atoms with Gasteiger partial charge in [-0.1, -0.05) is 35.3 Å². The Morgan fingerprint density at radius 2 is 2.12 bits per heavy atom. The second kappa shape index (κ2) is 8.61. The average molecular weight is 387 g/mol. The summed E-state index contributed by atoms with van der Waals surface area (Å²) in [4.78, 5) is 14.2. The zero-order valence-electron chi connectivity index (χ0n) is 15.4. The van der Waals surface area contributed by atoms with Crippen molar-refractivity contribution in [3.05, 3.63) is 33.8 Å². The predicted octanol–water partition coefficient (Wildman–Crippen LogP) is 5.43. The van der Waals surface area contributed by atoms with Crippen LogP contribution in [0.3, 0.4) is 0 Å². The van der Waals surface area contributed by atoms with Gasteiger partial charge in [-0.15, -0.1) is 0 Å². The molecule has 1 heterocycles. The van der Waals surface area contributed by atoms with Gasteiger partial charge in [0.2, 0.25) is 0 Å². The number of ether oxygens (including phenoxy) is 1. The van der Waals surface area contributed by atoms with Crippen molar-refractivity contribution < 1.29 is 9.53 Å². The molecule has 4 nitrogen and oxygen atoms in total. The second-order valence-corrected chi connectivity index (χ2v) is 8.36. The van der Waals surface area contributed by atoms with Crippen LogP contribution < -0.4 is 5.32 Å². The number of carbonyl (C=O) groups excluding carboxylic acids is 1. The molecule has 1 aliphatic rings. The van der Waals surface area contributed by atoms with Crippen LogP contribution in [0.15, 0.2) is 18.2 Å². The topological polar surface area (TPSA) is 41.6 Å². The summed E-state index contributed by atoms with van der Waals surface area (Å²) in [6.07, 6.45) is 2.73. The first-order chi connectivity index (χ1) is 11.7. The van der Waals surface area contributed by atoms with Crippen LogP contribution >= 0.6 is 23.2 Å². The van der Waals surface area contributed by atoms with Crippen molar-refractivity contribution in [3.8, 4) is 0 Å². The molecule has 1 aromatic rings. The minimum Gasteiger partial charge on any atom is -0.444 e. The summed E-state index contributed by atoms with van der Waals surface area (Å²) >= 11 is 12.4. The molecule has 1 N–H and O–H groups in total. The molecule has 2 unspecified atom stereocenters. The summed E-state index contributed by atoms with van der Waals surface area (Å²) in [7, 11) is 0. The number of halogens is 2. The van der Waals surface area contributed by atoms with E-state index in [1.54, 1.807) is 6.07 Å². The van der Waals surface area contributed by atoms with E-state index in [0.717, 1.165) is 37.9 Å². The molecule has 1 fully saturated rings. The maximum atomic E-state index is 12.3. The van der Waals surface area contributed by atoms with Crippen molar-refractivity contribution in [3.63, 3.8) is 0 Å². The molecule has 6 heteroatoms. The summed E-state index contributed by atoms with van der Waals surface area (Å²) in [5.74, 6) is 0. The zero-order chi connectivity index (χ0) is 18.6. The summed E-state index contributed by atoms with van der Waals surface area (Å²) in [5.41, 5.74) is 0.532. The average Bonchev–Trinajstić information content (AvgIpc) is 2.97. The van der Waals surface area contributed by atoms with Crippen molar-refractivity contribution in [2.75, 3.05) is 13.1 Å². The standard InChI is InChI=1S/C19H28Cl2N2O2/c1-13(15-8-5-9-16(20)17(15)21)22-11-10-14-7-6-12-23(14)18(24)25-19(2,3)4/h5,8-9,13-14,22H,6-7,10-12H2,1-4H3. The van der Waals surface area contributed by atoms with Gasteiger partial charge < -0.3 is 15.0 Å². The number of hydrogen-bond acceptors (Lipinski definition) is 3. The van der Waals surface area contributed by atoms with E-state index >= 15 is 0 Å². The molecule has 2 rings (SSSR count). The number of carbonyl (C=O) groups is 1. The third kappa shape index (κ3) is 5.77. The van der Waals surface area contributed by atoms with E-state index in [0.29, 0.717) is 10.0 Å². The SMILES string of the molecule is CC(NCCC1CCCN1C(=O)OC(C)(C)C)c1cccc(Cl)c1Cl. The molecule has 0 saturated carbocycles. The Labute approximate surface area is 160 Å². The minimum absolute atomic E-state index is 0.0996. The molecule has 1 aliphatic heterocycles. The molecule has 0 aromatic heterocycles. The smallest absolute Gasteiger partial charge is 0.410 e. The number of amides is 1. The van der Waals surface area contributed by atoms with Crippen LogP contribution in [0.5, 0.6) is 0 Å². The van der Waals surface area contributed by atoms with Gasteiger partial charge in [-0.25, -0.2) is 4.79 Å². The van der Waals surface area contributed by atoms with Gasteiger partial charge >= 0.3 is 6.09 Å². The van der Waals surface area contributed by atoms with Crippen molar-refractivity contribution >= 4 is 29.3 Å². The number of nitrogens with one attached hydrogen (secondary N) is 1. The van der Waals surface area contributed by atoms with Gasteiger partial charge in [0.1, 0.15) is 5.60 Å².